The number of carbonyl (C=O) groups excluding carboxylic acids is 1. The van der Waals surface area contributed by atoms with Gasteiger partial charge in [0, 0.05) is 32.0 Å². The normalized spacial score (nSPS) is 31.3. The molecule has 2 aliphatic rings. The number of aliphatic hydroxyl groups excluding tert-OH is 1. The largest absolute Gasteiger partial charge is 0.391 e. The first-order chi connectivity index (χ1) is 7.25. The highest BCUT2D eigenvalue weighted by Gasteiger charge is 2.26. The van der Waals surface area contributed by atoms with Crippen LogP contribution in [0.2, 0.25) is 0 Å². The predicted molar refractivity (Wildman–Crippen MR) is 57.3 cm³/mol. The zero-order valence-electron chi connectivity index (χ0n) is 9.04. The molecular weight excluding hydrogens is 192 g/mol. The van der Waals surface area contributed by atoms with E-state index in [1.165, 1.54) is 19.3 Å². The molecule has 4 heteroatoms. The molecule has 3 N–H and O–H groups in total. The van der Waals surface area contributed by atoms with Gasteiger partial charge in [0.1, 0.15) is 0 Å². The number of rotatable bonds is 4. The third-order valence-electron chi connectivity index (χ3n) is 3.56. The fourth-order valence-electron chi connectivity index (χ4n) is 2.20. The van der Waals surface area contributed by atoms with Crippen LogP contribution in [0.1, 0.15) is 25.7 Å². The molecule has 0 aromatic carbocycles. The highest BCUT2D eigenvalue weighted by Crippen LogP contribution is 2.29. The van der Waals surface area contributed by atoms with Crippen molar-refractivity contribution in [3.63, 3.8) is 0 Å². The van der Waals surface area contributed by atoms with E-state index in [2.05, 4.69) is 10.6 Å². The Morgan fingerprint density at radius 3 is 2.73 bits per heavy atom. The molecule has 2 unspecified atom stereocenters. The van der Waals surface area contributed by atoms with Crippen LogP contribution >= 0.6 is 0 Å². The molecule has 0 aromatic heterocycles. The molecular formula is C11H20N2O2. The number of carbonyl (C=O) groups is 1. The van der Waals surface area contributed by atoms with Crippen molar-refractivity contribution in [1.82, 2.24) is 10.6 Å². The molecule has 1 aliphatic heterocycles. The summed E-state index contributed by atoms with van der Waals surface area (Å²) in [7, 11) is 0. The van der Waals surface area contributed by atoms with Crippen molar-refractivity contribution in [3.05, 3.63) is 0 Å². The Balaban J connectivity index is 1.61. The Kier molecular flexibility index (Phi) is 3.59. The second kappa shape index (κ2) is 4.94. The molecule has 4 nitrogen and oxygen atoms in total. The van der Waals surface area contributed by atoms with Crippen molar-refractivity contribution in [1.29, 1.82) is 0 Å². The maximum atomic E-state index is 11.5. The Bertz CT molecular complexity index is 229. The van der Waals surface area contributed by atoms with Crippen molar-refractivity contribution in [2.75, 3.05) is 19.6 Å². The summed E-state index contributed by atoms with van der Waals surface area (Å²) in [6.45, 7) is 2.08. The third kappa shape index (κ3) is 2.92. The molecule has 0 radical (unpaired) electrons. The highest BCUT2D eigenvalue weighted by atomic mass is 16.3. The van der Waals surface area contributed by atoms with Gasteiger partial charge in [-0.2, -0.15) is 0 Å². The lowest BCUT2D eigenvalue weighted by molar-refractivity contribution is -0.122. The molecule has 1 aliphatic carbocycles. The molecule has 1 heterocycles. The Labute approximate surface area is 90.4 Å². The first kappa shape index (κ1) is 10.9. The van der Waals surface area contributed by atoms with E-state index in [4.69, 9.17) is 0 Å². The van der Waals surface area contributed by atoms with E-state index in [9.17, 15) is 9.90 Å². The van der Waals surface area contributed by atoms with E-state index >= 15 is 0 Å². The van der Waals surface area contributed by atoms with Gasteiger partial charge >= 0.3 is 0 Å². The zero-order valence-corrected chi connectivity index (χ0v) is 9.04. The van der Waals surface area contributed by atoms with Crippen LogP contribution < -0.4 is 10.6 Å². The molecule has 1 saturated heterocycles. The molecule has 1 saturated carbocycles. The molecule has 0 bridgehead atoms. The van der Waals surface area contributed by atoms with E-state index < -0.39 is 0 Å². The van der Waals surface area contributed by atoms with Gasteiger partial charge in [0.2, 0.25) is 5.91 Å². The monoisotopic (exact) mass is 212 g/mol. The number of aliphatic hydroxyl groups is 1. The first-order valence-electron chi connectivity index (χ1n) is 5.91. The average molecular weight is 212 g/mol. The Morgan fingerprint density at radius 2 is 2.20 bits per heavy atom. The summed E-state index contributed by atoms with van der Waals surface area (Å²) in [6.07, 6.45) is 4.08. The van der Waals surface area contributed by atoms with Crippen molar-refractivity contribution in [3.8, 4) is 0 Å². The van der Waals surface area contributed by atoms with Gasteiger partial charge < -0.3 is 15.7 Å². The van der Waals surface area contributed by atoms with E-state index in [1.54, 1.807) is 0 Å². The SMILES string of the molecule is O=C(CC1CCC1)NCC1CNCC1O. The van der Waals surface area contributed by atoms with Crippen molar-refractivity contribution >= 4 is 5.91 Å². The summed E-state index contributed by atoms with van der Waals surface area (Å²) in [4.78, 5) is 11.5. The van der Waals surface area contributed by atoms with Gasteiger partial charge in [0.25, 0.3) is 0 Å². The van der Waals surface area contributed by atoms with Gasteiger partial charge in [-0.3, -0.25) is 4.79 Å². The Morgan fingerprint density at radius 1 is 1.40 bits per heavy atom. The topological polar surface area (TPSA) is 61.4 Å². The van der Waals surface area contributed by atoms with Crippen LogP contribution in [0.25, 0.3) is 0 Å². The van der Waals surface area contributed by atoms with Gasteiger partial charge in [-0.25, -0.2) is 0 Å². The van der Waals surface area contributed by atoms with Crippen LogP contribution in [-0.4, -0.2) is 36.8 Å². The van der Waals surface area contributed by atoms with Crippen molar-refractivity contribution < 1.29 is 9.90 Å². The summed E-state index contributed by atoms with van der Waals surface area (Å²) in [5.41, 5.74) is 0. The summed E-state index contributed by atoms with van der Waals surface area (Å²) >= 11 is 0. The van der Waals surface area contributed by atoms with Crippen LogP contribution in [-0.2, 0) is 4.79 Å². The number of β-amino-alcohol motifs (C(OH)–C–C–N with tert-alkyl or cyclic N) is 1. The zero-order chi connectivity index (χ0) is 10.7. The third-order valence-corrected chi connectivity index (χ3v) is 3.56. The predicted octanol–water partition coefficient (Wildman–Crippen LogP) is -0.127. The molecule has 15 heavy (non-hydrogen) atoms. The molecule has 2 fully saturated rings. The number of nitrogens with one attached hydrogen (secondary N) is 2. The minimum absolute atomic E-state index is 0.152. The fraction of sp³-hybridized carbons (Fsp3) is 0.909. The summed E-state index contributed by atoms with van der Waals surface area (Å²) in [6, 6.07) is 0. The number of amides is 1. The van der Waals surface area contributed by atoms with Gasteiger partial charge in [-0.1, -0.05) is 6.42 Å². The highest BCUT2D eigenvalue weighted by molar-refractivity contribution is 5.76. The van der Waals surface area contributed by atoms with Crippen molar-refractivity contribution in [2.24, 2.45) is 11.8 Å². The Hall–Kier alpha value is -0.610. The minimum Gasteiger partial charge on any atom is -0.391 e. The van der Waals surface area contributed by atoms with Gasteiger partial charge in [0.05, 0.1) is 6.10 Å². The maximum Gasteiger partial charge on any atom is 0.220 e. The lowest BCUT2D eigenvalue weighted by atomic mass is 9.83. The second-order valence-electron chi connectivity index (χ2n) is 4.79. The van der Waals surface area contributed by atoms with Crippen LogP contribution in [0.5, 0.6) is 0 Å². The summed E-state index contributed by atoms with van der Waals surface area (Å²) < 4.78 is 0. The number of hydrogen-bond acceptors (Lipinski definition) is 3. The van der Waals surface area contributed by atoms with E-state index in [0.717, 1.165) is 6.54 Å². The standard InChI is InChI=1S/C11H20N2O2/c14-10-7-12-5-9(10)6-13-11(15)4-8-2-1-3-8/h8-10,12,14H,1-7H2,(H,13,15). The molecule has 2 rings (SSSR count). The maximum absolute atomic E-state index is 11.5. The van der Waals surface area contributed by atoms with Gasteiger partial charge in [-0.15, -0.1) is 0 Å². The quantitative estimate of drug-likeness (QED) is 0.608. The molecule has 0 aromatic rings. The van der Waals surface area contributed by atoms with Crippen LogP contribution in [0.3, 0.4) is 0 Å². The molecule has 2 atom stereocenters. The summed E-state index contributed by atoms with van der Waals surface area (Å²) in [5.74, 6) is 0.964. The molecule has 0 spiro atoms. The van der Waals surface area contributed by atoms with E-state index in [1.807, 2.05) is 0 Å². The van der Waals surface area contributed by atoms with Crippen LogP contribution in [0.4, 0.5) is 0 Å². The van der Waals surface area contributed by atoms with Crippen molar-refractivity contribution in [2.45, 2.75) is 31.8 Å². The van der Waals surface area contributed by atoms with E-state index in [-0.39, 0.29) is 17.9 Å². The average Bonchev–Trinajstić information content (AvgIpc) is 2.55. The summed E-state index contributed by atoms with van der Waals surface area (Å²) in [5, 5.41) is 15.6. The lowest BCUT2D eigenvalue weighted by Gasteiger charge is -2.24. The van der Waals surface area contributed by atoms with Gasteiger partial charge in [-0.05, 0) is 18.8 Å². The van der Waals surface area contributed by atoms with Crippen LogP contribution in [0.15, 0.2) is 0 Å². The van der Waals surface area contributed by atoms with Gasteiger partial charge in [0.15, 0.2) is 0 Å². The lowest BCUT2D eigenvalue weighted by Crippen LogP contribution is -2.35. The number of hydrogen-bond donors (Lipinski definition) is 3. The smallest absolute Gasteiger partial charge is 0.220 e. The molecule has 86 valence electrons. The first-order valence-corrected chi connectivity index (χ1v) is 5.91. The fourth-order valence-corrected chi connectivity index (χ4v) is 2.20. The molecule has 1 amide bonds. The minimum atomic E-state index is -0.297. The van der Waals surface area contributed by atoms with E-state index in [0.29, 0.717) is 25.4 Å². The second-order valence-corrected chi connectivity index (χ2v) is 4.79. The van der Waals surface area contributed by atoms with Crippen LogP contribution in [0, 0.1) is 11.8 Å².